The van der Waals surface area contributed by atoms with Gasteiger partial charge in [-0.15, -0.1) is 0 Å². The summed E-state index contributed by atoms with van der Waals surface area (Å²) in [6.45, 7) is 0.782. The lowest BCUT2D eigenvalue weighted by atomic mass is 9.96. The van der Waals surface area contributed by atoms with Gasteiger partial charge in [0.15, 0.2) is 11.5 Å². The second-order valence-electron chi connectivity index (χ2n) is 5.87. The summed E-state index contributed by atoms with van der Waals surface area (Å²) in [7, 11) is 3.18. The zero-order valence-corrected chi connectivity index (χ0v) is 14.9. The van der Waals surface area contributed by atoms with Crippen molar-refractivity contribution >= 4 is 17.5 Å². The van der Waals surface area contributed by atoms with Crippen LogP contribution in [0.4, 0.5) is 0 Å². The highest BCUT2D eigenvalue weighted by Crippen LogP contribution is 2.30. The lowest BCUT2D eigenvalue weighted by Crippen LogP contribution is -2.37. The molecule has 2 aromatic carbocycles. The van der Waals surface area contributed by atoms with Crippen LogP contribution in [0.25, 0.3) is 0 Å². The molecule has 25 heavy (non-hydrogen) atoms. The van der Waals surface area contributed by atoms with Crippen molar-refractivity contribution in [2.24, 2.45) is 5.92 Å². The van der Waals surface area contributed by atoms with Gasteiger partial charge in [-0.2, -0.15) is 0 Å². The van der Waals surface area contributed by atoms with Crippen LogP contribution in [0.3, 0.4) is 0 Å². The van der Waals surface area contributed by atoms with E-state index in [4.69, 9.17) is 25.8 Å². The molecule has 0 aliphatic carbocycles. The molecule has 0 radical (unpaired) electrons. The van der Waals surface area contributed by atoms with Gasteiger partial charge in [0.2, 0.25) is 5.91 Å². The van der Waals surface area contributed by atoms with Gasteiger partial charge in [-0.05, 0) is 47.9 Å². The molecule has 1 aliphatic heterocycles. The number of amides is 1. The Bertz CT molecular complexity index is 778. The number of rotatable bonds is 5. The normalized spacial score (nSPS) is 15.7. The largest absolute Gasteiger partial charge is 0.493 e. The summed E-state index contributed by atoms with van der Waals surface area (Å²) in [5.41, 5.74) is 1.90. The van der Waals surface area contributed by atoms with Gasteiger partial charge >= 0.3 is 0 Å². The topological polar surface area (TPSA) is 56.8 Å². The fourth-order valence-corrected chi connectivity index (χ4v) is 3.05. The van der Waals surface area contributed by atoms with Gasteiger partial charge in [-0.25, -0.2) is 0 Å². The highest BCUT2D eigenvalue weighted by atomic mass is 35.5. The maximum atomic E-state index is 12.5. The SMILES string of the molecule is COc1ccc(CNC(=O)[C@@H]2COc3ccc(Cl)cc3C2)cc1OC. The van der Waals surface area contributed by atoms with Gasteiger partial charge < -0.3 is 19.5 Å². The smallest absolute Gasteiger partial charge is 0.227 e. The van der Waals surface area contributed by atoms with Crippen molar-refractivity contribution in [1.82, 2.24) is 5.32 Å². The third-order valence-corrected chi connectivity index (χ3v) is 4.45. The van der Waals surface area contributed by atoms with E-state index in [2.05, 4.69) is 5.32 Å². The second kappa shape index (κ2) is 7.66. The van der Waals surface area contributed by atoms with E-state index in [0.717, 1.165) is 16.9 Å². The minimum absolute atomic E-state index is 0.0413. The highest BCUT2D eigenvalue weighted by molar-refractivity contribution is 6.30. The van der Waals surface area contributed by atoms with Crippen LogP contribution in [0.5, 0.6) is 17.2 Å². The molecule has 0 spiro atoms. The molecule has 1 atom stereocenters. The molecule has 0 saturated heterocycles. The highest BCUT2D eigenvalue weighted by Gasteiger charge is 2.26. The van der Waals surface area contributed by atoms with Crippen LogP contribution in [0, 0.1) is 5.92 Å². The number of ether oxygens (including phenoxy) is 3. The summed E-state index contributed by atoms with van der Waals surface area (Å²) in [4.78, 5) is 12.5. The van der Waals surface area contributed by atoms with Crippen LogP contribution in [-0.4, -0.2) is 26.7 Å². The van der Waals surface area contributed by atoms with E-state index < -0.39 is 0 Å². The van der Waals surface area contributed by atoms with E-state index in [9.17, 15) is 4.79 Å². The summed E-state index contributed by atoms with van der Waals surface area (Å²) in [6.07, 6.45) is 0.619. The van der Waals surface area contributed by atoms with Gasteiger partial charge in [0, 0.05) is 11.6 Å². The fourth-order valence-electron chi connectivity index (χ4n) is 2.86. The van der Waals surface area contributed by atoms with E-state index >= 15 is 0 Å². The first kappa shape index (κ1) is 17.4. The Morgan fingerprint density at radius 2 is 2.00 bits per heavy atom. The van der Waals surface area contributed by atoms with E-state index in [1.54, 1.807) is 20.3 Å². The predicted octanol–water partition coefficient (Wildman–Crippen LogP) is 3.22. The van der Waals surface area contributed by atoms with Crippen LogP contribution < -0.4 is 19.5 Å². The molecule has 5 nitrogen and oxygen atoms in total. The van der Waals surface area contributed by atoms with Gasteiger partial charge in [0.05, 0.1) is 20.1 Å². The van der Waals surface area contributed by atoms with Crippen LogP contribution >= 0.6 is 11.6 Å². The van der Waals surface area contributed by atoms with Crippen molar-refractivity contribution in [3.8, 4) is 17.2 Å². The summed E-state index contributed by atoms with van der Waals surface area (Å²) in [6, 6.07) is 11.1. The summed E-state index contributed by atoms with van der Waals surface area (Å²) >= 11 is 6.02. The molecule has 3 rings (SSSR count). The fraction of sp³-hybridized carbons (Fsp3) is 0.316. The Labute approximate surface area is 151 Å². The first-order valence-corrected chi connectivity index (χ1v) is 8.38. The number of benzene rings is 2. The Morgan fingerprint density at radius 3 is 2.76 bits per heavy atom. The van der Waals surface area contributed by atoms with Crippen molar-refractivity contribution in [3.63, 3.8) is 0 Å². The first-order valence-electron chi connectivity index (χ1n) is 8.00. The number of methoxy groups -OCH3 is 2. The number of fused-ring (bicyclic) bond motifs is 1. The van der Waals surface area contributed by atoms with Crippen LogP contribution in [0.1, 0.15) is 11.1 Å². The summed E-state index contributed by atoms with van der Waals surface area (Å²) < 4.78 is 16.2. The molecule has 1 heterocycles. The van der Waals surface area contributed by atoms with Gasteiger partial charge in [0.1, 0.15) is 12.4 Å². The Hall–Kier alpha value is -2.40. The van der Waals surface area contributed by atoms with Crippen molar-refractivity contribution < 1.29 is 19.0 Å². The van der Waals surface area contributed by atoms with Gasteiger partial charge in [-0.3, -0.25) is 4.79 Å². The van der Waals surface area contributed by atoms with Crippen LogP contribution in [0.15, 0.2) is 36.4 Å². The Kier molecular flexibility index (Phi) is 5.34. The first-order chi connectivity index (χ1) is 12.1. The van der Waals surface area contributed by atoms with E-state index in [-0.39, 0.29) is 11.8 Å². The molecule has 0 bridgehead atoms. The van der Waals surface area contributed by atoms with Crippen molar-refractivity contribution in [3.05, 3.63) is 52.5 Å². The minimum Gasteiger partial charge on any atom is -0.493 e. The predicted molar refractivity (Wildman–Crippen MR) is 95.5 cm³/mol. The van der Waals surface area contributed by atoms with Gasteiger partial charge in [0.25, 0.3) is 0 Å². The maximum Gasteiger partial charge on any atom is 0.227 e. The lowest BCUT2D eigenvalue weighted by Gasteiger charge is -2.24. The maximum absolute atomic E-state index is 12.5. The molecule has 0 saturated carbocycles. The standard InChI is InChI=1S/C19H20ClNO4/c1-23-17-5-3-12(7-18(17)24-2)10-21-19(22)14-8-13-9-15(20)4-6-16(13)25-11-14/h3-7,9,14H,8,10-11H2,1-2H3,(H,21,22)/t14-/m0/s1. The monoisotopic (exact) mass is 361 g/mol. The molecular weight excluding hydrogens is 342 g/mol. The average Bonchev–Trinajstić information content (AvgIpc) is 2.65. The molecule has 1 aliphatic rings. The molecular formula is C19H20ClNO4. The molecule has 0 unspecified atom stereocenters. The van der Waals surface area contributed by atoms with Gasteiger partial charge in [-0.1, -0.05) is 17.7 Å². The Morgan fingerprint density at radius 1 is 1.20 bits per heavy atom. The molecule has 1 N–H and O–H groups in total. The number of carbonyl (C=O) groups is 1. The van der Waals surface area contributed by atoms with E-state index in [1.807, 2.05) is 30.3 Å². The molecule has 0 fully saturated rings. The molecule has 6 heteroatoms. The van der Waals surface area contributed by atoms with Crippen molar-refractivity contribution in [2.75, 3.05) is 20.8 Å². The number of nitrogens with one attached hydrogen (secondary N) is 1. The molecule has 2 aromatic rings. The van der Waals surface area contributed by atoms with Crippen LogP contribution in [-0.2, 0) is 17.8 Å². The molecule has 0 aromatic heterocycles. The quantitative estimate of drug-likeness (QED) is 0.888. The Balaban J connectivity index is 1.62. The van der Waals surface area contributed by atoms with E-state index in [1.165, 1.54) is 0 Å². The number of hydrogen-bond donors (Lipinski definition) is 1. The molecule has 1 amide bonds. The average molecular weight is 362 g/mol. The molecule has 132 valence electrons. The third kappa shape index (κ3) is 3.99. The minimum atomic E-state index is -0.230. The number of hydrogen-bond acceptors (Lipinski definition) is 4. The number of carbonyl (C=O) groups excluding carboxylic acids is 1. The van der Waals surface area contributed by atoms with Crippen molar-refractivity contribution in [1.29, 1.82) is 0 Å². The zero-order valence-electron chi connectivity index (χ0n) is 14.2. The van der Waals surface area contributed by atoms with Crippen LogP contribution in [0.2, 0.25) is 5.02 Å². The lowest BCUT2D eigenvalue weighted by molar-refractivity contribution is -0.126. The zero-order chi connectivity index (χ0) is 17.8. The second-order valence-corrected chi connectivity index (χ2v) is 6.31. The van der Waals surface area contributed by atoms with E-state index in [0.29, 0.717) is 36.1 Å². The third-order valence-electron chi connectivity index (χ3n) is 4.21. The summed E-state index contributed by atoms with van der Waals surface area (Å²) in [5, 5.41) is 3.60. The summed E-state index contributed by atoms with van der Waals surface area (Å²) in [5.74, 6) is 1.82. The van der Waals surface area contributed by atoms with Crippen molar-refractivity contribution in [2.45, 2.75) is 13.0 Å². The number of halogens is 1.